The summed E-state index contributed by atoms with van der Waals surface area (Å²) in [6.07, 6.45) is 0.0301. The quantitative estimate of drug-likeness (QED) is 0.466. The molecule has 0 saturated carbocycles. The molecule has 0 bridgehead atoms. The van der Waals surface area contributed by atoms with Crippen LogP contribution in [0.25, 0.3) is 0 Å². The Morgan fingerprint density at radius 2 is 1.91 bits per heavy atom. The molecule has 3 N–H and O–H groups in total. The second-order valence-corrected chi connectivity index (χ2v) is 6.00. The van der Waals surface area contributed by atoms with Crippen molar-refractivity contribution < 1.29 is 14.6 Å². The molecule has 0 aliphatic rings. The number of nitrogen functional groups attached to an aromatic ring is 1. The zero-order chi connectivity index (χ0) is 15.9. The number of hydrogen-bond donors (Lipinski definition) is 2. The molecule has 4 nitrogen and oxygen atoms in total. The maximum atomic E-state index is 10.8. The van der Waals surface area contributed by atoms with Crippen LogP contribution in [0.4, 0.5) is 5.69 Å². The number of hydrogen-bond acceptors (Lipinski definition) is 5. The highest BCUT2D eigenvalue weighted by Gasteiger charge is 2.23. The van der Waals surface area contributed by atoms with Gasteiger partial charge in [0.25, 0.3) is 0 Å². The van der Waals surface area contributed by atoms with Crippen molar-refractivity contribution >= 4 is 23.7 Å². The van der Waals surface area contributed by atoms with E-state index in [1.807, 2.05) is 48.5 Å². The van der Waals surface area contributed by atoms with Gasteiger partial charge in [0.1, 0.15) is 12.0 Å². The summed E-state index contributed by atoms with van der Waals surface area (Å²) in [5.74, 6) is 0.747. The second kappa shape index (κ2) is 7.87. The summed E-state index contributed by atoms with van der Waals surface area (Å²) < 4.78 is 5.15. The van der Waals surface area contributed by atoms with Gasteiger partial charge < -0.3 is 20.4 Å². The smallest absolute Gasteiger partial charge is 0.122 e. The largest absolute Gasteiger partial charge is 0.497 e. The lowest BCUT2D eigenvalue weighted by Crippen LogP contribution is -2.16. The van der Waals surface area contributed by atoms with Gasteiger partial charge in [0.15, 0.2) is 0 Å². The van der Waals surface area contributed by atoms with E-state index < -0.39 is 6.10 Å². The van der Waals surface area contributed by atoms with Crippen molar-refractivity contribution in [3.8, 4) is 5.75 Å². The number of ether oxygens (including phenoxy) is 1. The number of benzene rings is 2. The lowest BCUT2D eigenvalue weighted by molar-refractivity contribution is -0.109. The van der Waals surface area contributed by atoms with Gasteiger partial charge in [-0.05, 0) is 29.8 Å². The Morgan fingerprint density at radius 1 is 1.23 bits per heavy atom. The predicted octanol–water partition coefficient (Wildman–Crippen LogP) is 3.06. The Morgan fingerprint density at radius 3 is 2.50 bits per heavy atom. The van der Waals surface area contributed by atoms with Crippen molar-refractivity contribution in [3.05, 3.63) is 54.1 Å². The Kier molecular flexibility index (Phi) is 5.86. The lowest BCUT2D eigenvalue weighted by atomic mass is 10.1. The fourth-order valence-corrected chi connectivity index (χ4v) is 3.31. The average molecular weight is 317 g/mol. The van der Waals surface area contributed by atoms with Crippen LogP contribution >= 0.6 is 11.8 Å². The molecule has 5 heteroatoms. The number of methoxy groups -OCH3 is 1. The first kappa shape index (κ1) is 16.4. The number of carbonyl (C=O) groups excluding carboxylic acids is 1. The van der Waals surface area contributed by atoms with E-state index in [0.717, 1.165) is 22.5 Å². The number of thioether (sulfide) groups is 1. The van der Waals surface area contributed by atoms with E-state index in [4.69, 9.17) is 10.5 Å². The van der Waals surface area contributed by atoms with Crippen molar-refractivity contribution in [1.29, 1.82) is 0 Å². The van der Waals surface area contributed by atoms with E-state index >= 15 is 0 Å². The maximum Gasteiger partial charge on any atom is 0.122 e. The molecule has 0 aliphatic heterocycles. The molecule has 2 aromatic carbocycles. The zero-order valence-corrected chi connectivity index (χ0v) is 13.1. The molecule has 0 heterocycles. The number of anilines is 1. The van der Waals surface area contributed by atoms with Crippen molar-refractivity contribution in [2.24, 2.45) is 0 Å². The SMILES string of the molecule is COc1ccc([C@H](Sc2ccccc2N)[C@@H](O)CC=O)cc1. The first-order valence-electron chi connectivity index (χ1n) is 6.92. The number of aliphatic hydroxyl groups excluding tert-OH is 1. The third-order valence-electron chi connectivity index (χ3n) is 3.30. The van der Waals surface area contributed by atoms with Crippen LogP contribution in [0, 0.1) is 0 Å². The van der Waals surface area contributed by atoms with Gasteiger partial charge in [0.05, 0.1) is 18.5 Å². The van der Waals surface area contributed by atoms with E-state index in [1.54, 1.807) is 7.11 Å². The standard InChI is InChI=1S/C17H19NO3S/c1-21-13-8-6-12(7-9-13)17(15(20)10-11-19)22-16-5-3-2-4-14(16)18/h2-9,11,15,17,20H,10,18H2,1H3/t15-,17-/m0/s1. The van der Waals surface area contributed by atoms with Crippen molar-refractivity contribution in [2.75, 3.05) is 12.8 Å². The molecule has 2 atom stereocenters. The lowest BCUT2D eigenvalue weighted by Gasteiger charge is -2.22. The van der Waals surface area contributed by atoms with Crippen LogP contribution in [0.5, 0.6) is 5.75 Å². The molecule has 0 aromatic heterocycles. The van der Waals surface area contributed by atoms with Gasteiger partial charge in [-0.15, -0.1) is 11.8 Å². The molecule has 0 aliphatic carbocycles. The number of para-hydroxylation sites is 1. The second-order valence-electron chi connectivity index (χ2n) is 4.82. The maximum absolute atomic E-state index is 10.8. The summed E-state index contributed by atoms with van der Waals surface area (Å²) in [6, 6.07) is 15.0. The summed E-state index contributed by atoms with van der Waals surface area (Å²) in [5.41, 5.74) is 7.55. The molecule has 22 heavy (non-hydrogen) atoms. The molecule has 0 spiro atoms. The summed E-state index contributed by atoms with van der Waals surface area (Å²) in [7, 11) is 1.60. The number of aliphatic hydroxyl groups is 1. The van der Waals surface area contributed by atoms with Gasteiger partial charge in [-0.25, -0.2) is 0 Å². The molecule has 0 unspecified atom stereocenters. The molecule has 116 valence electrons. The van der Waals surface area contributed by atoms with Crippen LogP contribution in [0.3, 0.4) is 0 Å². The first-order valence-corrected chi connectivity index (χ1v) is 7.80. The van der Waals surface area contributed by atoms with Crippen LogP contribution in [0.15, 0.2) is 53.4 Å². The highest BCUT2D eigenvalue weighted by molar-refractivity contribution is 7.99. The monoisotopic (exact) mass is 317 g/mol. The predicted molar refractivity (Wildman–Crippen MR) is 89.1 cm³/mol. The fourth-order valence-electron chi connectivity index (χ4n) is 2.11. The fraction of sp³-hybridized carbons (Fsp3) is 0.235. The van der Waals surface area contributed by atoms with Crippen LogP contribution in [0.1, 0.15) is 17.2 Å². The molecule has 0 amide bonds. The summed E-state index contributed by atoms with van der Waals surface area (Å²) in [5, 5.41) is 10.0. The Bertz CT molecular complexity index is 616. The molecule has 2 rings (SSSR count). The zero-order valence-electron chi connectivity index (χ0n) is 12.3. The minimum atomic E-state index is -0.782. The van der Waals surface area contributed by atoms with E-state index in [9.17, 15) is 9.90 Å². The Labute approximate surface area is 134 Å². The van der Waals surface area contributed by atoms with Crippen LogP contribution < -0.4 is 10.5 Å². The van der Waals surface area contributed by atoms with Gasteiger partial charge in [-0.1, -0.05) is 24.3 Å². The molecule has 0 radical (unpaired) electrons. The highest BCUT2D eigenvalue weighted by Crippen LogP contribution is 2.41. The van der Waals surface area contributed by atoms with Crippen LogP contribution in [0.2, 0.25) is 0 Å². The van der Waals surface area contributed by atoms with E-state index in [1.165, 1.54) is 11.8 Å². The van der Waals surface area contributed by atoms with Gasteiger partial charge in [-0.3, -0.25) is 0 Å². The normalized spacial score (nSPS) is 13.4. The Hall–Kier alpha value is -1.98. The molecule has 2 aromatic rings. The summed E-state index contributed by atoms with van der Waals surface area (Å²) in [6.45, 7) is 0. The van der Waals surface area contributed by atoms with Crippen molar-refractivity contribution in [3.63, 3.8) is 0 Å². The Balaban J connectivity index is 2.29. The molecular formula is C17H19NO3S. The average Bonchev–Trinajstić information content (AvgIpc) is 2.54. The molecule has 0 fully saturated rings. The van der Waals surface area contributed by atoms with Gasteiger partial charge in [0.2, 0.25) is 0 Å². The third kappa shape index (κ3) is 4.02. The number of carbonyl (C=O) groups is 1. The van der Waals surface area contributed by atoms with E-state index in [-0.39, 0.29) is 11.7 Å². The highest BCUT2D eigenvalue weighted by atomic mass is 32.2. The van der Waals surface area contributed by atoms with Crippen LogP contribution in [-0.4, -0.2) is 24.6 Å². The number of rotatable bonds is 7. The molecule has 0 saturated heterocycles. The topological polar surface area (TPSA) is 72.6 Å². The van der Waals surface area contributed by atoms with Gasteiger partial charge in [0, 0.05) is 17.0 Å². The van der Waals surface area contributed by atoms with Crippen LogP contribution in [-0.2, 0) is 4.79 Å². The summed E-state index contributed by atoms with van der Waals surface area (Å²) in [4.78, 5) is 11.6. The van der Waals surface area contributed by atoms with Gasteiger partial charge in [-0.2, -0.15) is 0 Å². The van der Waals surface area contributed by atoms with E-state index in [2.05, 4.69) is 0 Å². The number of aldehydes is 1. The minimum absolute atomic E-state index is 0.0798. The van der Waals surface area contributed by atoms with E-state index in [0.29, 0.717) is 5.69 Å². The minimum Gasteiger partial charge on any atom is -0.497 e. The first-order chi connectivity index (χ1) is 10.7. The number of nitrogens with two attached hydrogens (primary N) is 1. The van der Waals surface area contributed by atoms with Crippen molar-refractivity contribution in [2.45, 2.75) is 22.7 Å². The summed E-state index contributed by atoms with van der Waals surface area (Å²) >= 11 is 1.46. The molecular weight excluding hydrogens is 298 g/mol. The third-order valence-corrected chi connectivity index (χ3v) is 4.77. The van der Waals surface area contributed by atoms with Crippen molar-refractivity contribution in [1.82, 2.24) is 0 Å². The van der Waals surface area contributed by atoms with Gasteiger partial charge >= 0.3 is 0 Å².